The monoisotopic (exact) mass is 140 g/mol. The number of nitrogens with zero attached hydrogens (tertiary/aromatic N) is 1. The van der Waals surface area contributed by atoms with Gasteiger partial charge in [0.05, 0.1) is 0 Å². The molecule has 9 heavy (non-hydrogen) atoms. The van der Waals surface area contributed by atoms with E-state index in [1.165, 1.54) is 7.05 Å². The van der Waals surface area contributed by atoms with E-state index in [2.05, 4.69) is 4.52 Å². The number of nitrogens with one attached hydrogen (secondary N) is 1. The maximum Gasteiger partial charge on any atom is 1.00 e. The zero-order valence-corrected chi connectivity index (χ0v) is 7.17. The molecule has 0 spiro atoms. The van der Waals surface area contributed by atoms with Gasteiger partial charge in [-0.05, 0) is 0 Å². The second-order valence-electron chi connectivity index (χ2n) is 1.33. The van der Waals surface area contributed by atoms with Crippen LogP contribution in [0.5, 0.6) is 0 Å². The van der Waals surface area contributed by atoms with Crippen LogP contribution in [0, 0.1) is 0 Å². The van der Waals surface area contributed by atoms with Gasteiger partial charge in [-0.25, -0.2) is 14.2 Å². The predicted molar refractivity (Wildman–Crippen MR) is 25.7 cm³/mol. The molecule has 1 aromatic rings. The van der Waals surface area contributed by atoms with Crippen LogP contribution in [0.25, 0.3) is 0 Å². The van der Waals surface area contributed by atoms with Crippen molar-refractivity contribution in [2.24, 2.45) is 7.05 Å². The Morgan fingerprint density at radius 3 is 2.33 bits per heavy atom. The van der Waals surface area contributed by atoms with E-state index in [-0.39, 0.29) is 31.0 Å². The third kappa shape index (κ3) is 1.57. The molecule has 1 heterocycles. The van der Waals surface area contributed by atoms with Crippen molar-refractivity contribution in [3.8, 4) is 0 Å². The Hall–Kier alpha value is -0.260. The fourth-order valence-electron chi connectivity index (χ4n) is 0.307. The standard InChI is InChI=1S/C3H4N2O3.Na.H/c1-5-2(6)4-8-3(5)7;;/h1H3,(H,4,6);;/q;+1;-1. The van der Waals surface area contributed by atoms with E-state index in [0.29, 0.717) is 0 Å². The molecule has 46 valence electrons. The molecule has 0 atom stereocenters. The molecule has 0 aliphatic carbocycles. The van der Waals surface area contributed by atoms with E-state index in [1.54, 1.807) is 0 Å². The second kappa shape index (κ2) is 3.05. The maximum atomic E-state index is 10.3. The van der Waals surface area contributed by atoms with Gasteiger partial charge in [-0.3, -0.25) is 0 Å². The zero-order valence-electron chi connectivity index (χ0n) is 6.17. The summed E-state index contributed by atoms with van der Waals surface area (Å²) in [5.41, 5.74) is -0.532. The van der Waals surface area contributed by atoms with Crippen molar-refractivity contribution in [1.82, 2.24) is 9.72 Å². The van der Waals surface area contributed by atoms with Crippen molar-refractivity contribution < 1.29 is 35.5 Å². The molecule has 1 rings (SSSR count). The molecule has 1 aromatic heterocycles. The normalized spacial score (nSPS) is 8.56. The van der Waals surface area contributed by atoms with E-state index < -0.39 is 11.4 Å². The number of hydrogen-bond acceptors (Lipinski definition) is 3. The van der Waals surface area contributed by atoms with Crippen LogP contribution in [0.3, 0.4) is 0 Å². The number of aromatic amines is 1. The fraction of sp³-hybridized carbons (Fsp3) is 0.333. The van der Waals surface area contributed by atoms with E-state index in [0.717, 1.165) is 4.57 Å². The predicted octanol–water partition coefficient (Wildman–Crippen LogP) is -4.22. The van der Waals surface area contributed by atoms with Gasteiger partial charge in [0, 0.05) is 7.05 Å². The molecule has 0 saturated heterocycles. The summed E-state index contributed by atoms with van der Waals surface area (Å²) in [6.45, 7) is 0. The largest absolute Gasteiger partial charge is 1.00 e. The fourth-order valence-corrected chi connectivity index (χ4v) is 0.307. The van der Waals surface area contributed by atoms with Gasteiger partial charge in [0.15, 0.2) is 0 Å². The summed E-state index contributed by atoms with van der Waals surface area (Å²) in [5.74, 6) is -0.671. The number of H-pyrrole nitrogens is 1. The molecule has 0 aliphatic heterocycles. The Morgan fingerprint density at radius 1 is 1.67 bits per heavy atom. The Balaban J connectivity index is 0. The van der Waals surface area contributed by atoms with Crippen molar-refractivity contribution in [3.05, 3.63) is 21.0 Å². The van der Waals surface area contributed by atoms with Crippen LogP contribution in [0.4, 0.5) is 0 Å². The first-order chi connectivity index (χ1) is 3.72. The van der Waals surface area contributed by atoms with Crippen molar-refractivity contribution in [3.63, 3.8) is 0 Å². The SMILES string of the molecule is Cn1c(=O)[nH]oc1=O.[H-].[Na+]. The van der Waals surface area contributed by atoms with Crippen LogP contribution in [0.15, 0.2) is 14.1 Å². The summed E-state index contributed by atoms with van der Waals surface area (Å²) < 4.78 is 4.90. The van der Waals surface area contributed by atoms with Crippen molar-refractivity contribution in [1.29, 1.82) is 0 Å². The third-order valence-electron chi connectivity index (χ3n) is 0.804. The summed E-state index contributed by atoms with van der Waals surface area (Å²) in [6, 6.07) is 0. The van der Waals surface area contributed by atoms with Crippen LogP contribution in [0.1, 0.15) is 1.43 Å². The summed E-state index contributed by atoms with van der Waals surface area (Å²) in [4.78, 5) is 20.5. The van der Waals surface area contributed by atoms with Crippen LogP contribution in [-0.4, -0.2) is 9.72 Å². The molecule has 0 fully saturated rings. The van der Waals surface area contributed by atoms with Gasteiger partial charge in [0.2, 0.25) is 0 Å². The topological polar surface area (TPSA) is 68.0 Å². The average molecular weight is 140 g/mol. The van der Waals surface area contributed by atoms with Gasteiger partial charge in [-0.2, -0.15) is 5.16 Å². The van der Waals surface area contributed by atoms with Gasteiger partial charge < -0.3 is 5.95 Å². The molecule has 1 N–H and O–H groups in total. The molecular weight excluding hydrogens is 135 g/mol. The van der Waals surface area contributed by atoms with Crippen molar-refractivity contribution >= 4 is 0 Å². The van der Waals surface area contributed by atoms with E-state index in [4.69, 9.17) is 0 Å². The molecule has 0 unspecified atom stereocenters. The molecule has 0 aromatic carbocycles. The molecule has 0 bridgehead atoms. The molecule has 0 radical (unpaired) electrons. The summed E-state index contributed by atoms with van der Waals surface area (Å²) in [5, 5.41) is 1.86. The van der Waals surface area contributed by atoms with Gasteiger partial charge in [0.25, 0.3) is 0 Å². The summed E-state index contributed by atoms with van der Waals surface area (Å²) in [7, 11) is 1.32. The van der Waals surface area contributed by atoms with E-state index in [1.807, 2.05) is 5.16 Å². The number of hydrogen-bond donors (Lipinski definition) is 1. The first-order valence-corrected chi connectivity index (χ1v) is 1.96. The quantitative estimate of drug-likeness (QED) is 0.371. The third-order valence-corrected chi connectivity index (χ3v) is 0.804. The average Bonchev–Trinajstić information content (AvgIpc) is 1.98. The molecule has 0 saturated carbocycles. The minimum absolute atomic E-state index is 0. The molecular formula is C3H5N2NaO3. The van der Waals surface area contributed by atoms with Gasteiger partial charge in [-0.1, -0.05) is 0 Å². The van der Waals surface area contributed by atoms with Gasteiger partial charge in [0.1, 0.15) is 0 Å². The first kappa shape index (κ1) is 8.74. The minimum atomic E-state index is -0.671. The van der Waals surface area contributed by atoms with Crippen LogP contribution < -0.4 is 41.0 Å². The van der Waals surface area contributed by atoms with Gasteiger partial charge >= 0.3 is 41.0 Å². The Kier molecular flexibility index (Phi) is 2.96. The van der Waals surface area contributed by atoms with Crippen LogP contribution in [-0.2, 0) is 7.05 Å². The molecule has 6 heteroatoms. The number of rotatable bonds is 0. The Morgan fingerprint density at radius 2 is 2.22 bits per heavy atom. The minimum Gasteiger partial charge on any atom is -1.00 e. The van der Waals surface area contributed by atoms with E-state index in [9.17, 15) is 9.59 Å². The smallest absolute Gasteiger partial charge is 1.00 e. The zero-order chi connectivity index (χ0) is 6.15. The van der Waals surface area contributed by atoms with Crippen LogP contribution >= 0.6 is 0 Å². The number of aromatic nitrogens is 2. The first-order valence-electron chi connectivity index (χ1n) is 1.96. The van der Waals surface area contributed by atoms with Gasteiger partial charge in [-0.15, -0.1) is 0 Å². The van der Waals surface area contributed by atoms with Crippen molar-refractivity contribution in [2.45, 2.75) is 0 Å². The Bertz CT molecular complexity index is 259. The van der Waals surface area contributed by atoms with E-state index >= 15 is 0 Å². The molecule has 0 aliphatic rings. The molecule has 0 amide bonds. The van der Waals surface area contributed by atoms with Crippen molar-refractivity contribution in [2.75, 3.05) is 0 Å². The van der Waals surface area contributed by atoms with Crippen LogP contribution in [0.2, 0.25) is 0 Å². The maximum absolute atomic E-state index is 10.3. The second-order valence-corrected chi connectivity index (χ2v) is 1.33. The Labute approximate surface area is 73.4 Å². The summed E-state index contributed by atoms with van der Waals surface area (Å²) in [6.07, 6.45) is 0. The summed E-state index contributed by atoms with van der Waals surface area (Å²) >= 11 is 0. The molecule has 5 nitrogen and oxygen atoms in total.